The molecule has 0 spiro atoms. The predicted molar refractivity (Wildman–Crippen MR) is 93.4 cm³/mol. The lowest BCUT2D eigenvalue weighted by Crippen LogP contribution is -2.36. The molecule has 3 unspecified atom stereocenters. The molecule has 132 valence electrons. The number of hydrogen-bond donors (Lipinski definition) is 2. The largest absolute Gasteiger partial charge is 0.486 e. The summed E-state index contributed by atoms with van der Waals surface area (Å²) in [6, 6.07) is 5.84. The molecule has 2 aliphatic heterocycles. The molecule has 0 radical (unpaired) electrons. The normalized spacial score (nSPS) is 22.5. The summed E-state index contributed by atoms with van der Waals surface area (Å²) in [7, 11) is 0. The number of fused-ring (bicyclic) bond motifs is 1. The Bertz CT molecular complexity index is 570. The van der Waals surface area contributed by atoms with Crippen LogP contribution in [0.15, 0.2) is 18.2 Å². The van der Waals surface area contributed by atoms with E-state index in [-0.39, 0.29) is 11.9 Å². The second-order valence-electron chi connectivity index (χ2n) is 6.98. The van der Waals surface area contributed by atoms with E-state index in [4.69, 9.17) is 9.47 Å². The molecule has 2 aliphatic rings. The Hall–Kier alpha value is -1.75. The van der Waals surface area contributed by atoms with Crippen molar-refractivity contribution in [3.63, 3.8) is 0 Å². The van der Waals surface area contributed by atoms with Crippen molar-refractivity contribution in [3.05, 3.63) is 23.8 Å². The van der Waals surface area contributed by atoms with Crippen LogP contribution in [0.1, 0.15) is 44.7 Å². The molecular formula is C19H28N2O3. The third-order valence-corrected chi connectivity index (χ3v) is 5.09. The van der Waals surface area contributed by atoms with E-state index in [1.165, 1.54) is 12.8 Å². The van der Waals surface area contributed by atoms with Crippen LogP contribution in [0.3, 0.4) is 0 Å². The summed E-state index contributed by atoms with van der Waals surface area (Å²) in [6.07, 6.45) is 3.02. The van der Waals surface area contributed by atoms with E-state index in [1.54, 1.807) is 0 Å². The molecular weight excluding hydrogens is 304 g/mol. The van der Waals surface area contributed by atoms with E-state index >= 15 is 0 Å². The maximum Gasteiger partial charge on any atom is 0.220 e. The minimum absolute atomic E-state index is 0.0370. The molecule has 3 rings (SSSR count). The molecule has 1 fully saturated rings. The average Bonchev–Trinajstić information content (AvgIpc) is 2.61. The lowest BCUT2D eigenvalue weighted by molar-refractivity contribution is -0.123. The van der Waals surface area contributed by atoms with Gasteiger partial charge in [-0.1, -0.05) is 13.0 Å². The first-order valence-electron chi connectivity index (χ1n) is 9.03. The fourth-order valence-corrected chi connectivity index (χ4v) is 3.54. The highest BCUT2D eigenvalue weighted by atomic mass is 16.6. The average molecular weight is 332 g/mol. The number of rotatable bonds is 5. The maximum atomic E-state index is 12.4. The smallest absolute Gasteiger partial charge is 0.220 e. The highest BCUT2D eigenvalue weighted by Gasteiger charge is 2.23. The Kier molecular flexibility index (Phi) is 5.61. The summed E-state index contributed by atoms with van der Waals surface area (Å²) in [5.41, 5.74) is 1.04. The number of carbonyl (C=O) groups is 1. The molecule has 2 heterocycles. The number of amides is 1. The van der Waals surface area contributed by atoms with Crippen molar-refractivity contribution < 1.29 is 14.3 Å². The Labute approximate surface area is 144 Å². The van der Waals surface area contributed by atoms with Gasteiger partial charge in [0.05, 0.1) is 6.04 Å². The quantitative estimate of drug-likeness (QED) is 0.870. The van der Waals surface area contributed by atoms with Crippen LogP contribution in [0.4, 0.5) is 0 Å². The SMILES string of the molecule is CC(NC(=O)CC(C)C1CCCNC1)c1ccc2c(c1)OCCO2. The van der Waals surface area contributed by atoms with Gasteiger partial charge in [0.15, 0.2) is 11.5 Å². The van der Waals surface area contributed by atoms with Crippen molar-refractivity contribution in [1.82, 2.24) is 10.6 Å². The van der Waals surface area contributed by atoms with Crippen LogP contribution in [0, 0.1) is 11.8 Å². The van der Waals surface area contributed by atoms with E-state index in [1.807, 2.05) is 25.1 Å². The van der Waals surface area contributed by atoms with Crippen molar-refractivity contribution in [2.24, 2.45) is 11.8 Å². The fourth-order valence-electron chi connectivity index (χ4n) is 3.54. The van der Waals surface area contributed by atoms with Gasteiger partial charge >= 0.3 is 0 Å². The minimum Gasteiger partial charge on any atom is -0.486 e. The summed E-state index contributed by atoms with van der Waals surface area (Å²) in [6.45, 7) is 7.50. The first-order chi connectivity index (χ1) is 11.6. The van der Waals surface area contributed by atoms with Gasteiger partial charge in [0.2, 0.25) is 5.91 Å². The summed E-state index contributed by atoms with van der Waals surface area (Å²) < 4.78 is 11.2. The second kappa shape index (κ2) is 7.88. The van der Waals surface area contributed by atoms with E-state index in [2.05, 4.69) is 17.6 Å². The van der Waals surface area contributed by atoms with E-state index in [0.717, 1.165) is 30.2 Å². The lowest BCUT2D eigenvalue weighted by Gasteiger charge is -2.28. The summed E-state index contributed by atoms with van der Waals surface area (Å²) in [5, 5.41) is 6.54. The van der Waals surface area contributed by atoms with Gasteiger partial charge in [0.25, 0.3) is 0 Å². The van der Waals surface area contributed by atoms with Crippen LogP contribution in [-0.2, 0) is 4.79 Å². The zero-order valence-corrected chi connectivity index (χ0v) is 14.6. The highest BCUT2D eigenvalue weighted by molar-refractivity contribution is 5.76. The zero-order valence-electron chi connectivity index (χ0n) is 14.6. The van der Waals surface area contributed by atoms with Crippen LogP contribution >= 0.6 is 0 Å². The number of piperidine rings is 1. The zero-order chi connectivity index (χ0) is 16.9. The number of ether oxygens (including phenoxy) is 2. The van der Waals surface area contributed by atoms with E-state index in [9.17, 15) is 4.79 Å². The standard InChI is InChI=1S/C19H28N2O3/c1-13(16-4-3-7-20-12-16)10-19(22)21-14(2)15-5-6-17-18(11-15)24-9-8-23-17/h5-6,11,13-14,16,20H,3-4,7-10,12H2,1-2H3,(H,21,22). The Balaban J connectivity index is 1.53. The molecule has 1 aromatic rings. The number of carbonyl (C=O) groups excluding carboxylic acids is 1. The maximum absolute atomic E-state index is 12.4. The predicted octanol–water partition coefficient (Wildman–Crippen LogP) is 2.66. The topological polar surface area (TPSA) is 59.6 Å². The molecule has 2 N–H and O–H groups in total. The number of benzene rings is 1. The van der Waals surface area contributed by atoms with Gasteiger partial charge in [-0.25, -0.2) is 0 Å². The van der Waals surface area contributed by atoms with Gasteiger partial charge in [0, 0.05) is 6.42 Å². The Morgan fingerprint density at radius 3 is 2.83 bits per heavy atom. The molecule has 1 aromatic carbocycles. The van der Waals surface area contributed by atoms with Crippen molar-refractivity contribution in [3.8, 4) is 11.5 Å². The summed E-state index contributed by atoms with van der Waals surface area (Å²) in [5.74, 6) is 2.68. The van der Waals surface area contributed by atoms with Crippen LogP contribution in [0.5, 0.6) is 11.5 Å². The summed E-state index contributed by atoms with van der Waals surface area (Å²) in [4.78, 5) is 12.4. The van der Waals surface area contributed by atoms with E-state index < -0.39 is 0 Å². The monoisotopic (exact) mass is 332 g/mol. The number of nitrogens with one attached hydrogen (secondary N) is 2. The molecule has 24 heavy (non-hydrogen) atoms. The van der Waals surface area contributed by atoms with Crippen LogP contribution < -0.4 is 20.1 Å². The molecule has 5 heteroatoms. The third-order valence-electron chi connectivity index (χ3n) is 5.09. The van der Waals surface area contributed by atoms with Gasteiger partial charge in [-0.3, -0.25) is 4.79 Å². The molecule has 1 saturated heterocycles. The minimum atomic E-state index is -0.0370. The molecule has 0 aliphatic carbocycles. The third kappa shape index (κ3) is 4.20. The van der Waals surface area contributed by atoms with Gasteiger partial charge in [-0.2, -0.15) is 0 Å². The van der Waals surface area contributed by atoms with Crippen molar-refractivity contribution >= 4 is 5.91 Å². The first kappa shape index (κ1) is 17.1. The second-order valence-corrected chi connectivity index (χ2v) is 6.98. The van der Waals surface area contributed by atoms with Gasteiger partial charge < -0.3 is 20.1 Å². The molecule has 0 aromatic heterocycles. The Morgan fingerprint density at radius 1 is 1.29 bits per heavy atom. The van der Waals surface area contributed by atoms with Crippen LogP contribution in [-0.4, -0.2) is 32.2 Å². The van der Waals surface area contributed by atoms with Crippen molar-refractivity contribution in [2.45, 2.75) is 39.2 Å². The lowest BCUT2D eigenvalue weighted by atomic mass is 9.85. The molecule has 0 bridgehead atoms. The Morgan fingerprint density at radius 2 is 2.08 bits per heavy atom. The van der Waals surface area contributed by atoms with E-state index in [0.29, 0.717) is 31.5 Å². The van der Waals surface area contributed by atoms with Gasteiger partial charge in [-0.15, -0.1) is 0 Å². The highest BCUT2D eigenvalue weighted by Crippen LogP contribution is 2.32. The van der Waals surface area contributed by atoms with Crippen molar-refractivity contribution in [1.29, 1.82) is 0 Å². The molecule has 0 saturated carbocycles. The molecule has 3 atom stereocenters. The summed E-state index contributed by atoms with van der Waals surface area (Å²) >= 11 is 0. The first-order valence-corrected chi connectivity index (χ1v) is 9.03. The van der Waals surface area contributed by atoms with Crippen LogP contribution in [0.25, 0.3) is 0 Å². The van der Waals surface area contributed by atoms with Crippen molar-refractivity contribution in [2.75, 3.05) is 26.3 Å². The van der Waals surface area contributed by atoms with Crippen LogP contribution in [0.2, 0.25) is 0 Å². The molecule has 5 nitrogen and oxygen atoms in total. The number of hydrogen-bond acceptors (Lipinski definition) is 4. The fraction of sp³-hybridized carbons (Fsp3) is 0.632. The molecule has 1 amide bonds. The van der Waals surface area contributed by atoms with Gasteiger partial charge in [-0.05, 0) is 62.4 Å². The van der Waals surface area contributed by atoms with Gasteiger partial charge in [0.1, 0.15) is 13.2 Å².